The molecule has 0 unspecified atom stereocenters. The predicted octanol–water partition coefficient (Wildman–Crippen LogP) is 5.59. The van der Waals surface area contributed by atoms with E-state index in [1.807, 2.05) is 36.4 Å². The van der Waals surface area contributed by atoms with Crippen LogP contribution in [0.3, 0.4) is 0 Å². The second-order valence-electron chi connectivity index (χ2n) is 9.70. The highest BCUT2D eigenvalue weighted by molar-refractivity contribution is 6.30. The van der Waals surface area contributed by atoms with Crippen molar-refractivity contribution in [2.75, 3.05) is 13.7 Å². The van der Waals surface area contributed by atoms with E-state index in [1.54, 1.807) is 27.9 Å². The Hall–Kier alpha value is -3.52. The highest BCUT2D eigenvalue weighted by Gasteiger charge is 2.29. The quantitative estimate of drug-likeness (QED) is 0.401. The van der Waals surface area contributed by atoms with Gasteiger partial charge in [0.15, 0.2) is 0 Å². The van der Waals surface area contributed by atoms with Crippen molar-refractivity contribution in [1.29, 1.82) is 0 Å². The number of amides is 1. The van der Waals surface area contributed by atoms with Crippen LogP contribution in [0.5, 0.6) is 5.75 Å². The molecule has 0 bridgehead atoms. The number of rotatable bonds is 7. The van der Waals surface area contributed by atoms with Gasteiger partial charge in [0.25, 0.3) is 0 Å². The van der Waals surface area contributed by atoms with Crippen LogP contribution in [0.1, 0.15) is 48.8 Å². The molecule has 1 amide bonds. The Labute approximate surface area is 215 Å². The predicted molar refractivity (Wildman–Crippen MR) is 138 cm³/mol. The van der Waals surface area contributed by atoms with Gasteiger partial charge in [0.05, 0.1) is 12.8 Å². The smallest absolute Gasteiger partial charge is 0.407 e. The molecule has 1 aliphatic carbocycles. The first-order valence-corrected chi connectivity index (χ1v) is 12.2. The van der Waals surface area contributed by atoms with Gasteiger partial charge in [0.2, 0.25) is 0 Å². The second-order valence-corrected chi connectivity index (χ2v) is 10.1. The lowest BCUT2D eigenvalue weighted by molar-refractivity contribution is 0.0524. The summed E-state index contributed by atoms with van der Waals surface area (Å²) < 4.78 is 12.4. The minimum absolute atomic E-state index is 0.191. The molecule has 2 aromatic carbocycles. The number of fused-ring (bicyclic) bond motifs is 3. The van der Waals surface area contributed by atoms with Crippen molar-refractivity contribution in [2.45, 2.75) is 52.2 Å². The van der Waals surface area contributed by atoms with Gasteiger partial charge in [0.1, 0.15) is 17.0 Å². The summed E-state index contributed by atoms with van der Waals surface area (Å²) in [5.74, 6) is -0.274. The maximum Gasteiger partial charge on any atom is 0.407 e. The van der Waals surface area contributed by atoms with E-state index < -0.39 is 17.7 Å². The Bertz CT molecular complexity index is 1290. The first-order chi connectivity index (χ1) is 17.1. The number of halogens is 1. The molecule has 0 saturated heterocycles. The van der Waals surface area contributed by atoms with Crippen LogP contribution in [0.25, 0.3) is 22.4 Å². The van der Waals surface area contributed by atoms with Gasteiger partial charge in [-0.1, -0.05) is 23.7 Å². The highest BCUT2D eigenvalue weighted by Crippen LogP contribution is 2.41. The van der Waals surface area contributed by atoms with Crippen molar-refractivity contribution in [3.63, 3.8) is 0 Å². The Morgan fingerprint density at radius 2 is 1.86 bits per heavy atom. The van der Waals surface area contributed by atoms with Crippen LogP contribution < -0.4 is 10.1 Å². The molecule has 0 fully saturated rings. The highest BCUT2D eigenvalue weighted by atomic mass is 35.5. The van der Waals surface area contributed by atoms with Crippen LogP contribution >= 0.6 is 11.6 Å². The number of carboxylic acids is 1. The van der Waals surface area contributed by atoms with Gasteiger partial charge in [-0.05, 0) is 75.4 Å². The number of carbonyl (C=O) groups is 2. The van der Waals surface area contributed by atoms with Crippen LogP contribution in [-0.4, -0.2) is 46.2 Å². The minimum atomic E-state index is -1.02. The Morgan fingerprint density at radius 1 is 1.14 bits per heavy atom. The lowest BCUT2D eigenvalue weighted by atomic mass is 9.86. The fraction of sp³-hybridized carbons (Fsp3) is 0.370. The van der Waals surface area contributed by atoms with E-state index in [4.69, 9.17) is 26.2 Å². The maximum absolute atomic E-state index is 12.2. The van der Waals surface area contributed by atoms with Crippen molar-refractivity contribution < 1.29 is 24.2 Å². The molecular formula is C27H30ClN3O5. The second kappa shape index (κ2) is 10.2. The van der Waals surface area contributed by atoms with Crippen LogP contribution in [0.15, 0.2) is 36.4 Å². The molecule has 190 valence electrons. The number of carbonyl (C=O) groups excluding carboxylic acids is 1. The molecule has 4 rings (SSSR count). The SMILES string of the molecule is COc1cc2c(cc1-c1ccc(Cl)cc1)-c1nn(CCCNC(=O)OC(C)(C)C)c(C(=O)O)c1CC2. The van der Waals surface area contributed by atoms with Gasteiger partial charge < -0.3 is 19.9 Å². The Morgan fingerprint density at radius 3 is 2.50 bits per heavy atom. The van der Waals surface area contributed by atoms with Crippen molar-refractivity contribution in [2.24, 2.45) is 0 Å². The van der Waals surface area contributed by atoms with E-state index in [0.717, 1.165) is 33.6 Å². The average molecular weight is 512 g/mol. The molecular weight excluding hydrogens is 482 g/mol. The number of hydrogen-bond donors (Lipinski definition) is 2. The molecule has 0 spiro atoms. The molecule has 0 saturated carbocycles. The number of aromatic carboxylic acids is 1. The first kappa shape index (κ1) is 25.6. The van der Waals surface area contributed by atoms with Crippen LogP contribution in [0, 0.1) is 0 Å². The summed E-state index contributed by atoms with van der Waals surface area (Å²) in [5, 5.41) is 18.1. The van der Waals surface area contributed by atoms with Crippen LogP contribution in [0.4, 0.5) is 4.79 Å². The molecule has 0 atom stereocenters. The van der Waals surface area contributed by atoms with Crippen LogP contribution in [0.2, 0.25) is 5.02 Å². The molecule has 3 aromatic rings. The summed E-state index contributed by atoms with van der Waals surface area (Å²) in [6, 6.07) is 11.5. The summed E-state index contributed by atoms with van der Waals surface area (Å²) in [4.78, 5) is 24.1. The lowest BCUT2D eigenvalue weighted by Crippen LogP contribution is -2.33. The number of hydrogen-bond acceptors (Lipinski definition) is 5. The van der Waals surface area contributed by atoms with Gasteiger partial charge in [-0.3, -0.25) is 4.68 Å². The molecule has 36 heavy (non-hydrogen) atoms. The van der Waals surface area contributed by atoms with E-state index in [9.17, 15) is 14.7 Å². The van der Waals surface area contributed by atoms with E-state index in [2.05, 4.69) is 5.32 Å². The number of aryl methyl sites for hydroxylation is 2. The van der Waals surface area contributed by atoms with E-state index in [0.29, 0.717) is 43.1 Å². The van der Waals surface area contributed by atoms with Gasteiger partial charge in [0, 0.05) is 34.8 Å². The van der Waals surface area contributed by atoms with Gasteiger partial charge in [-0.2, -0.15) is 5.10 Å². The molecule has 1 heterocycles. The van der Waals surface area contributed by atoms with E-state index in [1.165, 1.54) is 4.68 Å². The third-order valence-electron chi connectivity index (χ3n) is 5.95. The number of nitrogens with zero attached hydrogens (tertiary/aromatic N) is 2. The van der Waals surface area contributed by atoms with Gasteiger partial charge in [-0.15, -0.1) is 0 Å². The van der Waals surface area contributed by atoms with Gasteiger partial charge >= 0.3 is 12.1 Å². The molecule has 9 heteroatoms. The number of benzene rings is 2. The Kier molecular flexibility index (Phi) is 7.26. The molecule has 1 aromatic heterocycles. The fourth-order valence-electron chi connectivity index (χ4n) is 4.42. The number of ether oxygens (including phenoxy) is 2. The number of methoxy groups -OCH3 is 1. The first-order valence-electron chi connectivity index (χ1n) is 11.8. The maximum atomic E-state index is 12.2. The Balaban J connectivity index is 1.63. The number of alkyl carbamates (subject to hydrolysis) is 1. The standard InChI is InChI=1S/C27H30ClN3O5/c1-27(2,3)36-26(34)29-12-5-13-31-24(25(32)33)19-11-8-17-14-22(35-4)20(15-21(17)23(19)30-31)16-6-9-18(28)10-7-16/h6-7,9-10,14-15H,5,8,11-13H2,1-4H3,(H,29,34)(H,32,33). The van der Waals surface area contributed by atoms with Crippen molar-refractivity contribution >= 4 is 23.7 Å². The molecule has 0 radical (unpaired) electrons. The summed E-state index contributed by atoms with van der Waals surface area (Å²) in [5.41, 5.74) is 4.79. The zero-order valence-corrected chi connectivity index (χ0v) is 21.6. The lowest BCUT2D eigenvalue weighted by Gasteiger charge is -2.19. The molecule has 2 N–H and O–H groups in total. The number of aromatic nitrogens is 2. The van der Waals surface area contributed by atoms with Crippen molar-refractivity contribution in [3.05, 3.63) is 58.2 Å². The van der Waals surface area contributed by atoms with Crippen molar-refractivity contribution in [3.8, 4) is 28.1 Å². The van der Waals surface area contributed by atoms with E-state index in [-0.39, 0.29) is 5.69 Å². The molecule has 0 aliphatic heterocycles. The third-order valence-corrected chi connectivity index (χ3v) is 6.20. The third kappa shape index (κ3) is 5.49. The monoisotopic (exact) mass is 511 g/mol. The zero-order valence-electron chi connectivity index (χ0n) is 20.9. The van der Waals surface area contributed by atoms with Gasteiger partial charge in [-0.25, -0.2) is 9.59 Å². The topological polar surface area (TPSA) is 103 Å². The van der Waals surface area contributed by atoms with E-state index >= 15 is 0 Å². The largest absolute Gasteiger partial charge is 0.496 e. The van der Waals surface area contributed by atoms with Crippen LogP contribution in [-0.2, 0) is 24.1 Å². The number of nitrogens with one attached hydrogen (secondary N) is 1. The summed E-state index contributed by atoms with van der Waals surface area (Å²) >= 11 is 6.07. The van der Waals surface area contributed by atoms with Crippen molar-refractivity contribution in [1.82, 2.24) is 15.1 Å². The zero-order chi connectivity index (χ0) is 26.0. The molecule has 8 nitrogen and oxygen atoms in total. The minimum Gasteiger partial charge on any atom is -0.496 e. The summed E-state index contributed by atoms with van der Waals surface area (Å²) in [6.07, 6.45) is 1.26. The molecule has 1 aliphatic rings. The summed E-state index contributed by atoms with van der Waals surface area (Å²) in [6.45, 7) is 6.08. The normalized spacial score (nSPS) is 12.5. The number of carboxylic acid groups (broad SMARTS) is 1. The fourth-order valence-corrected chi connectivity index (χ4v) is 4.55. The summed E-state index contributed by atoms with van der Waals surface area (Å²) in [7, 11) is 1.64. The average Bonchev–Trinajstić information content (AvgIpc) is 3.19.